The summed E-state index contributed by atoms with van der Waals surface area (Å²) in [6.07, 6.45) is 0. The number of anilines is 2. The lowest BCUT2D eigenvalue weighted by Crippen LogP contribution is -2.34. The van der Waals surface area contributed by atoms with Crippen LogP contribution in [0.5, 0.6) is 5.75 Å². The standard InChI is InChI=1S/C23H23N3O3/c1-26(15-16-29-21-13-6-3-7-14-21)23(28)25-20-12-8-11-19(17-20)24-22(27)18-9-4-2-5-10-18/h2-14,17H,15-16H2,1H3,(H,24,27)(H,25,28). The van der Waals surface area contributed by atoms with Gasteiger partial charge in [-0.05, 0) is 42.5 Å². The second kappa shape index (κ2) is 9.94. The van der Waals surface area contributed by atoms with Crippen LogP contribution >= 0.6 is 0 Å². The van der Waals surface area contributed by atoms with Crippen LogP contribution in [0.25, 0.3) is 0 Å². The molecule has 3 aromatic rings. The van der Waals surface area contributed by atoms with Crippen molar-refractivity contribution in [1.82, 2.24) is 4.90 Å². The normalized spacial score (nSPS) is 10.1. The van der Waals surface area contributed by atoms with Crippen molar-refractivity contribution < 1.29 is 14.3 Å². The van der Waals surface area contributed by atoms with E-state index < -0.39 is 0 Å². The van der Waals surface area contributed by atoms with Gasteiger partial charge in [0.05, 0.1) is 6.54 Å². The largest absolute Gasteiger partial charge is 0.492 e. The van der Waals surface area contributed by atoms with Gasteiger partial charge in [-0.3, -0.25) is 4.79 Å². The highest BCUT2D eigenvalue weighted by Gasteiger charge is 2.10. The van der Waals surface area contributed by atoms with Gasteiger partial charge < -0.3 is 20.3 Å². The second-order valence-corrected chi connectivity index (χ2v) is 6.41. The fraction of sp³-hybridized carbons (Fsp3) is 0.130. The number of carbonyl (C=O) groups is 2. The minimum Gasteiger partial charge on any atom is -0.492 e. The van der Waals surface area contributed by atoms with Crippen molar-refractivity contribution in [3.8, 4) is 5.75 Å². The van der Waals surface area contributed by atoms with E-state index in [0.717, 1.165) is 5.75 Å². The third kappa shape index (κ3) is 6.10. The summed E-state index contributed by atoms with van der Waals surface area (Å²) in [6.45, 7) is 0.826. The molecule has 0 radical (unpaired) electrons. The number of hydrogen-bond acceptors (Lipinski definition) is 3. The third-order valence-electron chi connectivity index (χ3n) is 4.19. The molecule has 2 N–H and O–H groups in total. The molecule has 3 aromatic carbocycles. The Morgan fingerprint density at radius 3 is 2.14 bits per heavy atom. The van der Waals surface area contributed by atoms with Gasteiger partial charge in [0.1, 0.15) is 12.4 Å². The molecule has 3 rings (SSSR count). The third-order valence-corrected chi connectivity index (χ3v) is 4.19. The maximum Gasteiger partial charge on any atom is 0.321 e. The Balaban J connectivity index is 1.51. The van der Waals surface area contributed by atoms with Crippen molar-refractivity contribution in [2.24, 2.45) is 0 Å². The van der Waals surface area contributed by atoms with Crippen molar-refractivity contribution in [2.45, 2.75) is 0 Å². The lowest BCUT2D eigenvalue weighted by Gasteiger charge is -2.18. The first-order chi connectivity index (χ1) is 14.1. The molecule has 148 valence electrons. The molecular weight excluding hydrogens is 366 g/mol. The zero-order valence-corrected chi connectivity index (χ0v) is 16.2. The Morgan fingerprint density at radius 2 is 1.45 bits per heavy atom. The SMILES string of the molecule is CN(CCOc1ccccc1)C(=O)Nc1cccc(NC(=O)c2ccccc2)c1. The smallest absolute Gasteiger partial charge is 0.321 e. The number of nitrogens with one attached hydrogen (secondary N) is 2. The first-order valence-corrected chi connectivity index (χ1v) is 9.28. The lowest BCUT2D eigenvalue weighted by molar-refractivity contribution is 0.102. The molecule has 0 aliphatic heterocycles. The van der Waals surface area contributed by atoms with Gasteiger partial charge in [0.15, 0.2) is 0 Å². The van der Waals surface area contributed by atoms with Crippen molar-refractivity contribution in [2.75, 3.05) is 30.8 Å². The molecule has 6 nitrogen and oxygen atoms in total. The molecule has 6 heteroatoms. The van der Waals surface area contributed by atoms with Crippen LogP contribution in [0.4, 0.5) is 16.2 Å². The highest BCUT2D eigenvalue weighted by Crippen LogP contribution is 2.16. The van der Waals surface area contributed by atoms with Gasteiger partial charge in [-0.2, -0.15) is 0 Å². The van der Waals surface area contributed by atoms with E-state index in [1.807, 2.05) is 48.5 Å². The van der Waals surface area contributed by atoms with Crippen LogP contribution in [0.15, 0.2) is 84.9 Å². The number of likely N-dealkylation sites (N-methyl/N-ethyl adjacent to an activating group) is 1. The number of carbonyl (C=O) groups excluding carboxylic acids is 2. The van der Waals surface area contributed by atoms with Crippen LogP contribution in [0.1, 0.15) is 10.4 Å². The van der Waals surface area contributed by atoms with E-state index in [-0.39, 0.29) is 11.9 Å². The maximum absolute atomic E-state index is 12.4. The molecule has 0 bridgehead atoms. The van der Waals surface area contributed by atoms with E-state index in [4.69, 9.17) is 4.74 Å². The molecule has 0 aliphatic carbocycles. The zero-order valence-electron chi connectivity index (χ0n) is 16.2. The van der Waals surface area contributed by atoms with Crippen LogP contribution in [0.2, 0.25) is 0 Å². The lowest BCUT2D eigenvalue weighted by atomic mass is 10.2. The predicted octanol–water partition coefficient (Wildman–Crippen LogP) is 4.48. The number of amides is 3. The van der Waals surface area contributed by atoms with E-state index in [2.05, 4.69) is 10.6 Å². The molecule has 0 atom stereocenters. The highest BCUT2D eigenvalue weighted by molar-refractivity contribution is 6.04. The van der Waals surface area contributed by atoms with Gasteiger partial charge in [0.2, 0.25) is 0 Å². The van der Waals surface area contributed by atoms with Crippen LogP contribution in [0.3, 0.4) is 0 Å². The van der Waals surface area contributed by atoms with Crippen molar-refractivity contribution in [1.29, 1.82) is 0 Å². The summed E-state index contributed by atoms with van der Waals surface area (Å²) in [4.78, 5) is 26.2. The average Bonchev–Trinajstić information content (AvgIpc) is 2.75. The van der Waals surface area contributed by atoms with E-state index in [0.29, 0.717) is 30.1 Å². The number of rotatable bonds is 7. The van der Waals surface area contributed by atoms with Gasteiger partial charge in [0, 0.05) is 24.0 Å². The molecule has 0 heterocycles. The van der Waals surface area contributed by atoms with Gasteiger partial charge in [-0.15, -0.1) is 0 Å². The Morgan fingerprint density at radius 1 is 0.828 bits per heavy atom. The Kier molecular flexibility index (Phi) is 6.84. The van der Waals surface area contributed by atoms with Gasteiger partial charge in [0.25, 0.3) is 5.91 Å². The summed E-state index contributed by atoms with van der Waals surface area (Å²) in [6, 6.07) is 25.2. The van der Waals surface area contributed by atoms with E-state index >= 15 is 0 Å². The molecule has 0 spiro atoms. The minimum atomic E-state index is -0.256. The Labute approximate surface area is 170 Å². The molecule has 0 saturated carbocycles. The predicted molar refractivity (Wildman–Crippen MR) is 114 cm³/mol. The summed E-state index contributed by atoms with van der Waals surface area (Å²) < 4.78 is 5.61. The van der Waals surface area contributed by atoms with Crippen molar-refractivity contribution in [3.05, 3.63) is 90.5 Å². The van der Waals surface area contributed by atoms with Crippen molar-refractivity contribution in [3.63, 3.8) is 0 Å². The first-order valence-electron chi connectivity index (χ1n) is 9.28. The van der Waals surface area contributed by atoms with Gasteiger partial charge in [-0.1, -0.05) is 42.5 Å². The van der Waals surface area contributed by atoms with Gasteiger partial charge in [-0.25, -0.2) is 4.79 Å². The second-order valence-electron chi connectivity index (χ2n) is 6.41. The number of ether oxygens (including phenoxy) is 1. The molecule has 3 amide bonds. The van der Waals surface area contributed by atoms with E-state index in [9.17, 15) is 9.59 Å². The summed E-state index contributed by atoms with van der Waals surface area (Å²) in [7, 11) is 1.70. The number of benzene rings is 3. The van der Waals surface area contributed by atoms with Crippen LogP contribution in [-0.4, -0.2) is 37.0 Å². The summed E-state index contributed by atoms with van der Waals surface area (Å²) in [5.41, 5.74) is 1.77. The summed E-state index contributed by atoms with van der Waals surface area (Å²) in [5.74, 6) is 0.562. The van der Waals surface area contributed by atoms with Gasteiger partial charge >= 0.3 is 6.03 Å². The number of hydrogen-bond donors (Lipinski definition) is 2. The fourth-order valence-electron chi connectivity index (χ4n) is 2.61. The monoisotopic (exact) mass is 389 g/mol. The van der Waals surface area contributed by atoms with Crippen molar-refractivity contribution >= 4 is 23.3 Å². The molecule has 0 saturated heterocycles. The highest BCUT2D eigenvalue weighted by atomic mass is 16.5. The maximum atomic E-state index is 12.4. The zero-order chi connectivity index (χ0) is 20.5. The topological polar surface area (TPSA) is 70.7 Å². The molecule has 29 heavy (non-hydrogen) atoms. The Bertz CT molecular complexity index is 946. The minimum absolute atomic E-state index is 0.204. The van der Waals surface area contributed by atoms with Crippen LogP contribution in [-0.2, 0) is 0 Å². The Hall–Kier alpha value is -3.80. The molecule has 0 aliphatic rings. The molecule has 0 unspecified atom stereocenters. The van der Waals surface area contributed by atoms with E-state index in [1.165, 1.54) is 4.90 Å². The fourth-order valence-corrected chi connectivity index (χ4v) is 2.61. The van der Waals surface area contributed by atoms with Crippen LogP contribution < -0.4 is 15.4 Å². The number of para-hydroxylation sites is 1. The van der Waals surface area contributed by atoms with E-state index in [1.54, 1.807) is 43.4 Å². The molecule has 0 fully saturated rings. The summed E-state index contributed by atoms with van der Waals surface area (Å²) >= 11 is 0. The van der Waals surface area contributed by atoms with Crippen LogP contribution in [0, 0.1) is 0 Å². The average molecular weight is 389 g/mol. The number of urea groups is 1. The quantitative estimate of drug-likeness (QED) is 0.626. The summed E-state index contributed by atoms with van der Waals surface area (Å²) in [5, 5.41) is 5.65. The molecule has 0 aromatic heterocycles. The first kappa shape index (κ1) is 19.9. The molecular formula is C23H23N3O3. The number of nitrogens with zero attached hydrogens (tertiary/aromatic N) is 1.